The highest BCUT2D eigenvalue weighted by molar-refractivity contribution is 6.36. The van der Waals surface area contributed by atoms with Crippen LogP contribution < -0.4 is 5.32 Å². The number of nitrogens with one attached hydrogen (secondary N) is 1. The number of nitrogens with zero attached hydrogens (tertiary/aromatic N) is 1. The number of allylic oxidation sites excluding steroid dienone is 2. The van der Waals surface area contributed by atoms with Crippen LogP contribution in [-0.4, -0.2) is 4.98 Å². The van der Waals surface area contributed by atoms with E-state index >= 15 is 0 Å². The van der Waals surface area contributed by atoms with Gasteiger partial charge in [-0.3, -0.25) is 4.98 Å². The molecule has 1 aromatic heterocycles. The Hall–Kier alpha value is -1.51. The standard InChI is InChI=1S/C17H14Cl2N2/c18-13-6-7-14(19)17-15(13)11-4-1-5-12(11)16(21-17)10-3-2-8-20-9-10/h1-4,6-9,11-12,16,21H,5H2/t11-,12+,16+/m0/s1. The molecule has 4 heteroatoms. The highest BCUT2D eigenvalue weighted by atomic mass is 35.5. The SMILES string of the molecule is Clc1ccc(Cl)c2c1N[C@H](c1cccnc1)[C@@H]1CC=C[C@H]21. The first-order valence-corrected chi connectivity index (χ1v) is 7.82. The van der Waals surface area contributed by atoms with Gasteiger partial charge in [-0.25, -0.2) is 0 Å². The van der Waals surface area contributed by atoms with Gasteiger partial charge in [0.15, 0.2) is 0 Å². The zero-order chi connectivity index (χ0) is 14.4. The second-order valence-corrected chi connectivity index (χ2v) is 6.39. The summed E-state index contributed by atoms with van der Waals surface area (Å²) >= 11 is 12.8. The predicted octanol–water partition coefficient (Wildman–Crippen LogP) is 5.21. The number of benzene rings is 1. The number of pyridine rings is 1. The van der Waals surface area contributed by atoms with Gasteiger partial charge in [0, 0.05) is 28.9 Å². The van der Waals surface area contributed by atoms with E-state index in [0.29, 0.717) is 11.8 Å². The molecule has 2 aromatic rings. The summed E-state index contributed by atoms with van der Waals surface area (Å²) in [6.07, 6.45) is 9.27. The molecule has 0 unspecified atom stereocenters. The lowest BCUT2D eigenvalue weighted by Gasteiger charge is -2.38. The third-order valence-corrected chi connectivity index (χ3v) is 5.10. The van der Waals surface area contributed by atoms with Crippen LogP contribution in [0.3, 0.4) is 0 Å². The third kappa shape index (κ3) is 2.05. The fourth-order valence-corrected chi connectivity index (χ4v) is 4.02. The maximum atomic E-state index is 6.43. The molecule has 0 saturated carbocycles. The molecule has 4 rings (SSSR count). The number of aromatic nitrogens is 1. The molecule has 1 N–H and O–H groups in total. The highest BCUT2D eigenvalue weighted by Crippen LogP contribution is 2.53. The zero-order valence-corrected chi connectivity index (χ0v) is 12.8. The van der Waals surface area contributed by atoms with E-state index in [1.54, 1.807) is 6.20 Å². The number of rotatable bonds is 1. The first-order valence-electron chi connectivity index (χ1n) is 7.06. The van der Waals surface area contributed by atoms with Gasteiger partial charge in [0.1, 0.15) is 0 Å². The molecule has 21 heavy (non-hydrogen) atoms. The summed E-state index contributed by atoms with van der Waals surface area (Å²) in [4.78, 5) is 4.25. The fraction of sp³-hybridized carbons (Fsp3) is 0.235. The summed E-state index contributed by atoms with van der Waals surface area (Å²) in [6.45, 7) is 0. The summed E-state index contributed by atoms with van der Waals surface area (Å²) in [5, 5.41) is 5.11. The van der Waals surface area contributed by atoms with Gasteiger partial charge in [-0.2, -0.15) is 0 Å². The Labute approximate surface area is 133 Å². The van der Waals surface area contributed by atoms with Gasteiger partial charge in [-0.1, -0.05) is 41.4 Å². The molecular formula is C17H14Cl2N2. The monoisotopic (exact) mass is 316 g/mol. The van der Waals surface area contributed by atoms with E-state index in [2.05, 4.69) is 28.5 Å². The average Bonchev–Trinajstić information content (AvgIpc) is 3.00. The van der Waals surface area contributed by atoms with Crippen LogP contribution >= 0.6 is 23.2 Å². The minimum atomic E-state index is 0.210. The average molecular weight is 317 g/mol. The van der Waals surface area contributed by atoms with Gasteiger partial charge in [-0.05, 0) is 36.1 Å². The van der Waals surface area contributed by atoms with Crippen LogP contribution in [0.2, 0.25) is 10.0 Å². The Bertz CT molecular complexity index is 712. The number of hydrogen-bond donors (Lipinski definition) is 1. The van der Waals surface area contributed by atoms with E-state index in [1.807, 2.05) is 24.4 Å². The second kappa shape index (κ2) is 5.04. The van der Waals surface area contributed by atoms with Gasteiger partial charge >= 0.3 is 0 Å². The van der Waals surface area contributed by atoms with Crippen LogP contribution in [0.25, 0.3) is 0 Å². The third-order valence-electron chi connectivity index (χ3n) is 4.46. The molecule has 1 aliphatic heterocycles. The first kappa shape index (κ1) is 13.2. The fourth-order valence-electron chi connectivity index (χ4n) is 3.52. The van der Waals surface area contributed by atoms with Crippen molar-refractivity contribution in [2.45, 2.75) is 18.4 Å². The van der Waals surface area contributed by atoms with Crippen molar-refractivity contribution >= 4 is 28.9 Å². The summed E-state index contributed by atoms with van der Waals surface area (Å²) < 4.78 is 0. The minimum absolute atomic E-state index is 0.210. The lowest BCUT2D eigenvalue weighted by Crippen LogP contribution is -2.29. The molecular weight excluding hydrogens is 303 g/mol. The molecule has 2 aliphatic rings. The predicted molar refractivity (Wildman–Crippen MR) is 87.1 cm³/mol. The maximum Gasteiger partial charge on any atom is 0.0641 e. The Balaban J connectivity index is 1.86. The Kier molecular flexibility index (Phi) is 3.16. The Morgan fingerprint density at radius 1 is 1.14 bits per heavy atom. The molecule has 1 aromatic carbocycles. The number of anilines is 1. The van der Waals surface area contributed by atoms with Crippen molar-refractivity contribution in [3.8, 4) is 0 Å². The molecule has 2 nitrogen and oxygen atoms in total. The van der Waals surface area contributed by atoms with Crippen LogP contribution in [0.4, 0.5) is 5.69 Å². The van der Waals surface area contributed by atoms with Crippen molar-refractivity contribution in [3.63, 3.8) is 0 Å². The van der Waals surface area contributed by atoms with Crippen LogP contribution in [-0.2, 0) is 0 Å². The number of fused-ring (bicyclic) bond motifs is 3. The quantitative estimate of drug-likeness (QED) is 0.730. The number of hydrogen-bond acceptors (Lipinski definition) is 2. The maximum absolute atomic E-state index is 6.43. The van der Waals surface area contributed by atoms with Gasteiger partial charge in [0.25, 0.3) is 0 Å². The van der Waals surface area contributed by atoms with E-state index < -0.39 is 0 Å². The van der Waals surface area contributed by atoms with Crippen LogP contribution in [0, 0.1) is 5.92 Å². The van der Waals surface area contributed by atoms with Crippen LogP contribution in [0.15, 0.2) is 48.8 Å². The van der Waals surface area contributed by atoms with E-state index in [0.717, 1.165) is 27.7 Å². The van der Waals surface area contributed by atoms with Crippen molar-refractivity contribution in [3.05, 3.63) is 70.0 Å². The largest absolute Gasteiger partial charge is 0.376 e. The highest BCUT2D eigenvalue weighted by Gasteiger charge is 2.39. The molecule has 0 amide bonds. The number of halogens is 2. The topological polar surface area (TPSA) is 24.9 Å². The second-order valence-electron chi connectivity index (χ2n) is 5.58. The van der Waals surface area contributed by atoms with E-state index in [-0.39, 0.29) is 6.04 Å². The lowest BCUT2D eigenvalue weighted by molar-refractivity contribution is 0.425. The molecule has 0 bridgehead atoms. The molecule has 1 aliphatic carbocycles. The molecule has 0 spiro atoms. The lowest BCUT2D eigenvalue weighted by atomic mass is 9.77. The van der Waals surface area contributed by atoms with E-state index in [1.165, 1.54) is 5.56 Å². The molecule has 0 radical (unpaired) electrons. The summed E-state index contributed by atoms with van der Waals surface area (Å²) in [6, 6.07) is 8.04. The molecule has 2 heterocycles. The molecule has 0 fully saturated rings. The molecule has 3 atom stereocenters. The van der Waals surface area contributed by atoms with Crippen molar-refractivity contribution in [2.24, 2.45) is 5.92 Å². The zero-order valence-electron chi connectivity index (χ0n) is 11.3. The van der Waals surface area contributed by atoms with Crippen LogP contribution in [0.1, 0.15) is 29.5 Å². The Morgan fingerprint density at radius 2 is 2.00 bits per heavy atom. The Morgan fingerprint density at radius 3 is 2.81 bits per heavy atom. The van der Waals surface area contributed by atoms with E-state index in [9.17, 15) is 0 Å². The van der Waals surface area contributed by atoms with Crippen molar-refractivity contribution in [1.29, 1.82) is 0 Å². The van der Waals surface area contributed by atoms with Crippen molar-refractivity contribution in [2.75, 3.05) is 5.32 Å². The normalized spacial score (nSPS) is 26.1. The smallest absolute Gasteiger partial charge is 0.0641 e. The van der Waals surface area contributed by atoms with Crippen LogP contribution in [0.5, 0.6) is 0 Å². The first-order chi connectivity index (χ1) is 10.3. The molecule has 106 valence electrons. The van der Waals surface area contributed by atoms with Crippen molar-refractivity contribution < 1.29 is 0 Å². The van der Waals surface area contributed by atoms with Gasteiger partial charge in [0.2, 0.25) is 0 Å². The summed E-state index contributed by atoms with van der Waals surface area (Å²) in [5.74, 6) is 0.773. The van der Waals surface area contributed by atoms with Crippen molar-refractivity contribution in [1.82, 2.24) is 4.98 Å². The minimum Gasteiger partial charge on any atom is -0.376 e. The van der Waals surface area contributed by atoms with E-state index in [4.69, 9.17) is 23.2 Å². The van der Waals surface area contributed by atoms with Gasteiger partial charge < -0.3 is 5.32 Å². The molecule has 0 saturated heterocycles. The van der Waals surface area contributed by atoms with Gasteiger partial charge in [-0.15, -0.1) is 0 Å². The van der Waals surface area contributed by atoms with Gasteiger partial charge in [0.05, 0.1) is 16.8 Å². The summed E-state index contributed by atoms with van der Waals surface area (Å²) in [5.41, 5.74) is 3.28. The summed E-state index contributed by atoms with van der Waals surface area (Å²) in [7, 11) is 0.